The topological polar surface area (TPSA) is 53.7 Å². The zero-order valence-corrected chi connectivity index (χ0v) is 10.4. The van der Waals surface area contributed by atoms with Crippen LogP contribution in [0.2, 0.25) is 0 Å². The lowest BCUT2D eigenvalue weighted by molar-refractivity contribution is 0.0209. The molecule has 1 aliphatic carbocycles. The van der Waals surface area contributed by atoms with Crippen molar-refractivity contribution >= 4 is 0 Å². The first kappa shape index (κ1) is 13.9. The maximum Gasteiger partial charge on any atom is 0.0701 e. The molecule has 16 heavy (non-hydrogen) atoms. The van der Waals surface area contributed by atoms with Crippen molar-refractivity contribution in [1.82, 2.24) is 0 Å². The molecule has 0 aromatic rings. The van der Waals surface area contributed by atoms with Crippen LogP contribution < -0.4 is 5.73 Å². The smallest absolute Gasteiger partial charge is 0.0701 e. The molecule has 0 aromatic carbocycles. The average molecular weight is 231 g/mol. The molecule has 2 N–H and O–H groups in total. The minimum Gasteiger partial charge on any atom is -0.382 e. The van der Waals surface area contributed by atoms with Gasteiger partial charge in [0, 0.05) is 19.3 Å². The van der Waals surface area contributed by atoms with E-state index in [1.165, 1.54) is 12.8 Å². The fraction of sp³-hybridized carbons (Fsp3) is 1.00. The summed E-state index contributed by atoms with van der Waals surface area (Å²) in [6.07, 6.45) is 5.83. The Kier molecular flexibility index (Phi) is 6.96. The lowest BCUT2D eigenvalue weighted by atomic mass is 9.95. The van der Waals surface area contributed by atoms with E-state index in [9.17, 15) is 0 Å². The van der Waals surface area contributed by atoms with Crippen molar-refractivity contribution in [3.8, 4) is 0 Å². The van der Waals surface area contributed by atoms with Gasteiger partial charge in [-0.1, -0.05) is 12.8 Å². The molecule has 0 heterocycles. The molecule has 0 unspecified atom stereocenters. The highest BCUT2D eigenvalue weighted by atomic mass is 16.5. The SMILES string of the molecule is COCCOCCOCCC1(N)CCCC1. The summed E-state index contributed by atoms with van der Waals surface area (Å²) in [4.78, 5) is 0. The predicted octanol–water partition coefficient (Wildman–Crippen LogP) is 1.33. The Morgan fingerprint density at radius 3 is 2.12 bits per heavy atom. The highest BCUT2D eigenvalue weighted by Gasteiger charge is 2.28. The summed E-state index contributed by atoms with van der Waals surface area (Å²) in [7, 11) is 1.67. The fourth-order valence-corrected chi connectivity index (χ4v) is 2.07. The van der Waals surface area contributed by atoms with Gasteiger partial charge in [-0.2, -0.15) is 0 Å². The number of hydrogen-bond donors (Lipinski definition) is 1. The van der Waals surface area contributed by atoms with Gasteiger partial charge in [-0.15, -0.1) is 0 Å². The Morgan fingerprint density at radius 2 is 1.50 bits per heavy atom. The molecule has 1 aliphatic rings. The summed E-state index contributed by atoms with van der Waals surface area (Å²) in [6, 6.07) is 0. The summed E-state index contributed by atoms with van der Waals surface area (Å²) in [5.41, 5.74) is 6.26. The van der Waals surface area contributed by atoms with Crippen LogP contribution in [-0.4, -0.2) is 45.7 Å². The van der Waals surface area contributed by atoms with Crippen molar-refractivity contribution in [2.75, 3.05) is 40.1 Å². The standard InChI is InChI=1S/C12H25NO3/c1-14-8-9-16-11-10-15-7-6-12(13)4-2-3-5-12/h2-11,13H2,1H3. The molecule has 0 aliphatic heterocycles. The van der Waals surface area contributed by atoms with Gasteiger partial charge in [0.1, 0.15) is 0 Å². The van der Waals surface area contributed by atoms with Gasteiger partial charge in [0.2, 0.25) is 0 Å². The van der Waals surface area contributed by atoms with Crippen LogP contribution in [0.1, 0.15) is 32.1 Å². The second-order valence-electron chi connectivity index (χ2n) is 4.54. The molecule has 0 saturated heterocycles. The molecule has 0 aromatic heterocycles. The monoisotopic (exact) mass is 231 g/mol. The summed E-state index contributed by atoms with van der Waals surface area (Å²) < 4.78 is 15.7. The average Bonchev–Trinajstić information content (AvgIpc) is 2.70. The van der Waals surface area contributed by atoms with Crippen LogP contribution in [0.25, 0.3) is 0 Å². The van der Waals surface area contributed by atoms with Gasteiger partial charge in [-0.25, -0.2) is 0 Å². The molecule has 0 radical (unpaired) electrons. The van der Waals surface area contributed by atoms with Crippen LogP contribution in [0, 0.1) is 0 Å². The third-order valence-corrected chi connectivity index (χ3v) is 3.15. The second kappa shape index (κ2) is 8.01. The minimum atomic E-state index is 0.0525. The lowest BCUT2D eigenvalue weighted by Crippen LogP contribution is -2.37. The largest absolute Gasteiger partial charge is 0.382 e. The van der Waals surface area contributed by atoms with Crippen molar-refractivity contribution in [3.63, 3.8) is 0 Å². The summed E-state index contributed by atoms with van der Waals surface area (Å²) in [5.74, 6) is 0. The van der Waals surface area contributed by atoms with E-state index in [0.717, 1.165) is 25.9 Å². The van der Waals surface area contributed by atoms with Crippen LogP contribution in [0.4, 0.5) is 0 Å². The first-order valence-corrected chi connectivity index (χ1v) is 6.20. The number of rotatable bonds is 9. The van der Waals surface area contributed by atoms with Crippen molar-refractivity contribution in [2.24, 2.45) is 5.73 Å². The maximum absolute atomic E-state index is 6.21. The zero-order valence-electron chi connectivity index (χ0n) is 10.4. The Labute approximate surface area is 98.4 Å². The summed E-state index contributed by atoms with van der Waals surface area (Å²) in [5, 5.41) is 0. The maximum atomic E-state index is 6.21. The van der Waals surface area contributed by atoms with E-state index < -0.39 is 0 Å². The lowest BCUT2D eigenvalue weighted by Gasteiger charge is -2.23. The van der Waals surface area contributed by atoms with Gasteiger partial charge in [0.25, 0.3) is 0 Å². The number of hydrogen-bond acceptors (Lipinski definition) is 4. The number of nitrogens with two attached hydrogens (primary N) is 1. The molecule has 0 spiro atoms. The van der Waals surface area contributed by atoms with Crippen molar-refractivity contribution in [2.45, 2.75) is 37.6 Å². The van der Waals surface area contributed by atoms with Gasteiger partial charge >= 0.3 is 0 Å². The van der Waals surface area contributed by atoms with E-state index in [4.69, 9.17) is 19.9 Å². The van der Waals surface area contributed by atoms with Crippen LogP contribution in [0.15, 0.2) is 0 Å². The fourth-order valence-electron chi connectivity index (χ4n) is 2.07. The van der Waals surface area contributed by atoms with Crippen molar-refractivity contribution < 1.29 is 14.2 Å². The molecule has 0 atom stereocenters. The second-order valence-corrected chi connectivity index (χ2v) is 4.54. The molecule has 0 amide bonds. The first-order valence-electron chi connectivity index (χ1n) is 6.20. The Morgan fingerprint density at radius 1 is 0.938 bits per heavy atom. The highest BCUT2D eigenvalue weighted by Crippen LogP contribution is 2.29. The molecular formula is C12H25NO3. The van der Waals surface area contributed by atoms with E-state index in [0.29, 0.717) is 26.4 Å². The first-order chi connectivity index (χ1) is 7.77. The van der Waals surface area contributed by atoms with Gasteiger partial charge < -0.3 is 19.9 Å². The molecule has 1 rings (SSSR count). The van der Waals surface area contributed by atoms with Crippen LogP contribution in [-0.2, 0) is 14.2 Å². The highest BCUT2D eigenvalue weighted by molar-refractivity contribution is 4.88. The third kappa shape index (κ3) is 5.80. The van der Waals surface area contributed by atoms with Gasteiger partial charge in [0.15, 0.2) is 0 Å². The van der Waals surface area contributed by atoms with E-state index in [1.54, 1.807) is 7.11 Å². The van der Waals surface area contributed by atoms with E-state index in [-0.39, 0.29) is 5.54 Å². The minimum absolute atomic E-state index is 0.0525. The molecule has 1 fully saturated rings. The summed E-state index contributed by atoms with van der Waals surface area (Å²) >= 11 is 0. The predicted molar refractivity (Wildman–Crippen MR) is 63.5 cm³/mol. The van der Waals surface area contributed by atoms with E-state index in [1.807, 2.05) is 0 Å². The van der Waals surface area contributed by atoms with Gasteiger partial charge in [-0.05, 0) is 19.3 Å². The number of methoxy groups -OCH3 is 1. The van der Waals surface area contributed by atoms with Crippen LogP contribution in [0.5, 0.6) is 0 Å². The van der Waals surface area contributed by atoms with Crippen molar-refractivity contribution in [3.05, 3.63) is 0 Å². The molecule has 4 nitrogen and oxygen atoms in total. The molecule has 4 heteroatoms. The molecule has 0 bridgehead atoms. The molecule has 1 saturated carbocycles. The van der Waals surface area contributed by atoms with E-state index >= 15 is 0 Å². The van der Waals surface area contributed by atoms with Crippen molar-refractivity contribution in [1.29, 1.82) is 0 Å². The quantitative estimate of drug-likeness (QED) is 0.608. The third-order valence-electron chi connectivity index (χ3n) is 3.15. The molecular weight excluding hydrogens is 206 g/mol. The summed E-state index contributed by atoms with van der Waals surface area (Å²) in [6.45, 7) is 3.33. The number of ether oxygens (including phenoxy) is 3. The van der Waals surface area contributed by atoms with Crippen LogP contribution >= 0.6 is 0 Å². The molecule has 96 valence electrons. The van der Waals surface area contributed by atoms with E-state index in [2.05, 4.69) is 0 Å². The van der Waals surface area contributed by atoms with Crippen LogP contribution in [0.3, 0.4) is 0 Å². The Balaban J connectivity index is 1.84. The Bertz CT molecular complexity index is 170. The zero-order chi connectivity index (χ0) is 11.7. The van der Waals surface area contributed by atoms with Gasteiger partial charge in [0.05, 0.1) is 26.4 Å². The normalized spacial score (nSPS) is 19.1. The Hall–Kier alpha value is -0.160. The van der Waals surface area contributed by atoms with Gasteiger partial charge in [-0.3, -0.25) is 0 Å².